The quantitative estimate of drug-likeness (QED) is 0.451. The third kappa shape index (κ3) is 3.15. The Bertz CT molecular complexity index is 1170. The number of aromatic nitrogens is 4. The zero-order valence-electron chi connectivity index (χ0n) is 16.2. The molecule has 0 spiro atoms. The standard InChI is InChI=1S/C19H16ClF2N5O2S/c1-19(11-5-4-6-12(20)14(11)22)9-27(16-13(21)8-26(2)25-16)17(28)10-7-23-18(30(3)29)24-15(10)19/h4-8H,9H2,1-3H3. The Balaban J connectivity index is 1.99. The fourth-order valence-electron chi connectivity index (χ4n) is 3.63. The van der Waals surface area contributed by atoms with Gasteiger partial charge in [-0.15, -0.1) is 0 Å². The van der Waals surface area contributed by atoms with Crippen LogP contribution in [0.4, 0.5) is 14.6 Å². The predicted octanol–water partition coefficient (Wildman–Crippen LogP) is 2.85. The lowest BCUT2D eigenvalue weighted by Crippen LogP contribution is -2.50. The van der Waals surface area contributed by atoms with Gasteiger partial charge >= 0.3 is 5.16 Å². The number of halogens is 3. The second-order valence-corrected chi connectivity index (χ2v) is 8.85. The number of hydrogen-bond donors (Lipinski definition) is 0. The molecule has 0 aliphatic carbocycles. The lowest BCUT2D eigenvalue weighted by atomic mass is 9.74. The van der Waals surface area contributed by atoms with Crippen LogP contribution in [0.2, 0.25) is 5.02 Å². The highest BCUT2D eigenvalue weighted by molar-refractivity contribution is 7.90. The molecule has 2 unspecified atom stereocenters. The summed E-state index contributed by atoms with van der Waals surface area (Å²) in [6.07, 6.45) is 3.77. The molecule has 3 heterocycles. The van der Waals surface area contributed by atoms with Crippen LogP contribution < -0.4 is 4.90 Å². The first-order valence-corrected chi connectivity index (χ1v) is 10.7. The van der Waals surface area contributed by atoms with Crippen molar-refractivity contribution in [1.82, 2.24) is 19.7 Å². The monoisotopic (exact) mass is 451 g/mol. The van der Waals surface area contributed by atoms with Crippen LogP contribution in [0.5, 0.6) is 0 Å². The summed E-state index contributed by atoms with van der Waals surface area (Å²) < 4.78 is 42.7. The van der Waals surface area contributed by atoms with Gasteiger partial charge in [0.25, 0.3) is 5.91 Å². The number of carbonyl (C=O) groups is 1. The van der Waals surface area contributed by atoms with Crippen LogP contribution in [0.25, 0.3) is 0 Å². The Labute approximate surface area is 178 Å². The van der Waals surface area contributed by atoms with Crippen LogP contribution in [-0.2, 0) is 23.6 Å². The van der Waals surface area contributed by atoms with Crippen molar-refractivity contribution in [1.29, 1.82) is 0 Å². The first-order chi connectivity index (χ1) is 14.1. The number of anilines is 1. The molecule has 0 fully saturated rings. The van der Waals surface area contributed by atoms with E-state index in [0.29, 0.717) is 0 Å². The first kappa shape index (κ1) is 20.7. The van der Waals surface area contributed by atoms with Gasteiger partial charge in [0.1, 0.15) is 12.1 Å². The minimum absolute atomic E-state index is 0.00711. The highest BCUT2D eigenvalue weighted by Crippen LogP contribution is 2.41. The Hall–Kier alpha value is -2.56. The molecule has 11 heteroatoms. The second kappa shape index (κ2) is 7.29. The molecule has 7 nitrogen and oxygen atoms in total. The van der Waals surface area contributed by atoms with Crippen molar-refractivity contribution in [3.05, 3.63) is 64.1 Å². The summed E-state index contributed by atoms with van der Waals surface area (Å²) in [4.78, 5) is 22.6. The van der Waals surface area contributed by atoms with E-state index in [1.807, 2.05) is 0 Å². The average Bonchev–Trinajstić information content (AvgIpc) is 3.04. The van der Waals surface area contributed by atoms with E-state index in [1.165, 1.54) is 36.3 Å². The first-order valence-electron chi connectivity index (χ1n) is 8.80. The summed E-state index contributed by atoms with van der Waals surface area (Å²) in [5, 5.41) is 3.95. The molecule has 0 saturated carbocycles. The number of amides is 1. The summed E-state index contributed by atoms with van der Waals surface area (Å²) >= 11 is 4.48. The second-order valence-electron chi connectivity index (χ2n) is 7.17. The molecule has 3 aromatic rings. The number of rotatable bonds is 3. The van der Waals surface area contributed by atoms with Crippen molar-refractivity contribution >= 4 is 34.5 Å². The fraction of sp³-hybridized carbons (Fsp3) is 0.263. The number of benzene rings is 1. The SMILES string of the molecule is Cn1cc(F)c(N2CC(C)(c3cccc(Cl)c3F)c3nc([S+](C)[O-])ncc3C2=O)n1. The Morgan fingerprint density at radius 3 is 2.70 bits per heavy atom. The molecule has 1 aliphatic heterocycles. The number of aryl methyl sites for hydroxylation is 1. The molecule has 1 amide bonds. The van der Waals surface area contributed by atoms with Gasteiger partial charge in [-0.05, 0) is 13.0 Å². The van der Waals surface area contributed by atoms with E-state index < -0.39 is 34.1 Å². The Morgan fingerprint density at radius 1 is 1.33 bits per heavy atom. The van der Waals surface area contributed by atoms with E-state index in [1.54, 1.807) is 13.0 Å². The van der Waals surface area contributed by atoms with Crippen molar-refractivity contribution < 1.29 is 18.1 Å². The minimum Gasteiger partial charge on any atom is -0.609 e. The fourth-order valence-corrected chi connectivity index (χ4v) is 4.23. The third-order valence-corrected chi connectivity index (χ3v) is 6.07. The summed E-state index contributed by atoms with van der Waals surface area (Å²) in [6.45, 7) is 1.51. The van der Waals surface area contributed by atoms with Gasteiger partial charge in [0.05, 0.1) is 27.9 Å². The molecule has 0 N–H and O–H groups in total. The van der Waals surface area contributed by atoms with Crippen LogP contribution in [0, 0.1) is 11.6 Å². The largest absolute Gasteiger partial charge is 0.609 e. The molecule has 1 aromatic carbocycles. The maximum Gasteiger partial charge on any atom is 0.342 e. The molecule has 0 radical (unpaired) electrons. The zero-order chi connectivity index (χ0) is 21.8. The third-order valence-electron chi connectivity index (χ3n) is 5.06. The van der Waals surface area contributed by atoms with Crippen molar-refractivity contribution in [2.75, 3.05) is 17.7 Å². The predicted molar refractivity (Wildman–Crippen MR) is 107 cm³/mol. The Morgan fingerprint density at radius 2 is 2.07 bits per heavy atom. The molecule has 0 bridgehead atoms. The molecule has 30 heavy (non-hydrogen) atoms. The lowest BCUT2D eigenvalue weighted by molar-refractivity contribution is 0.0966. The van der Waals surface area contributed by atoms with Crippen molar-refractivity contribution in [2.24, 2.45) is 7.05 Å². The summed E-state index contributed by atoms with van der Waals surface area (Å²) in [7, 11) is 1.52. The van der Waals surface area contributed by atoms with Crippen LogP contribution in [-0.4, -0.2) is 43.0 Å². The molecular weight excluding hydrogens is 436 g/mol. The number of carbonyl (C=O) groups excluding carboxylic acids is 1. The van der Waals surface area contributed by atoms with Gasteiger partial charge in [-0.25, -0.2) is 8.78 Å². The normalized spacial score (nSPS) is 19.7. The average molecular weight is 452 g/mol. The molecule has 2 atom stereocenters. The number of nitrogens with zero attached hydrogens (tertiary/aromatic N) is 5. The van der Waals surface area contributed by atoms with Gasteiger partial charge in [-0.1, -0.05) is 23.7 Å². The molecule has 156 valence electrons. The van der Waals surface area contributed by atoms with E-state index >= 15 is 4.39 Å². The van der Waals surface area contributed by atoms with Gasteiger partial charge in [0.2, 0.25) is 0 Å². The lowest BCUT2D eigenvalue weighted by Gasteiger charge is -2.40. The van der Waals surface area contributed by atoms with Gasteiger partial charge in [0.15, 0.2) is 11.6 Å². The highest BCUT2D eigenvalue weighted by atomic mass is 35.5. The minimum atomic E-state index is -1.53. The molecular formula is C19H16ClF2N5O2S. The summed E-state index contributed by atoms with van der Waals surface area (Å²) in [5.74, 6) is -2.16. The van der Waals surface area contributed by atoms with Gasteiger partial charge in [-0.3, -0.25) is 14.4 Å². The van der Waals surface area contributed by atoms with E-state index in [9.17, 15) is 13.7 Å². The van der Waals surface area contributed by atoms with E-state index in [-0.39, 0.29) is 39.4 Å². The van der Waals surface area contributed by atoms with E-state index in [4.69, 9.17) is 11.6 Å². The van der Waals surface area contributed by atoms with Crippen LogP contribution in [0.1, 0.15) is 28.5 Å². The molecule has 2 aromatic heterocycles. The Kier molecular flexibility index (Phi) is 5.03. The van der Waals surface area contributed by atoms with Gasteiger partial charge in [0, 0.05) is 36.5 Å². The highest BCUT2D eigenvalue weighted by Gasteiger charge is 2.46. The van der Waals surface area contributed by atoms with Crippen molar-refractivity contribution in [3.8, 4) is 0 Å². The van der Waals surface area contributed by atoms with Crippen molar-refractivity contribution in [2.45, 2.75) is 17.5 Å². The maximum atomic E-state index is 15.1. The van der Waals surface area contributed by atoms with Gasteiger partial charge in [-0.2, -0.15) is 15.1 Å². The van der Waals surface area contributed by atoms with Crippen LogP contribution in [0.3, 0.4) is 0 Å². The number of hydrogen-bond acceptors (Lipinski definition) is 5. The smallest absolute Gasteiger partial charge is 0.342 e. The maximum absolute atomic E-state index is 15.1. The molecule has 1 aliphatic rings. The summed E-state index contributed by atoms with van der Waals surface area (Å²) in [6, 6.07) is 4.51. The van der Waals surface area contributed by atoms with E-state index in [2.05, 4.69) is 15.1 Å². The van der Waals surface area contributed by atoms with Crippen LogP contribution >= 0.6 is 11.6 Å². The molecule has 4 rings (SSSR count). The zero-order valence-corrected chi connectivity index (χ0v) is 17.8. The van der Waals surface area contributed by atoms with Gasteiger partial charge < -0.3 is 4.55 Å². The molecule has 0 saturated heterocycles. The van der Waals surface area contributed by atoms with E-state index in [0.717, 1.165) is 11.1 Å². The van der Waals surface area contributed by atoms with Crippen molar-refractivity contribution in [3.63, 3.8) is 0 Å². The summed E-state index contributed by atoms with van der Waals surface area (Å²) in [5.41, 5.74) is -0.834. The number of fused-ring (bicyclic) bond motifs is 1. The van der Waals surface area contributed by atoms with Crippen LogP contribution in [0.15, 0.2) is 35.7 Å². The topological polar surface area (TPSA) is 87.0 Å².